The number of hydrogen-bond donors (Lipinski definition) is 1. The van der Waals surface area contributed by atoms with Crippen molar-refractivity contribution in [2.75, 3.05) is 16.8 Å². The highest BCUT2D eigenvalue weighted by atomic mass is 16.5. The van der Waals surface area contributed by atoms with Gasteiger partial charge in [-0.1, -0.05) is 18.2 Å². The lowest BCUT2D eigenvalue weighted by atomic mass is 10.1. The summed E-state index contributed by atoms with van der Waals surface area (Å²) in [6.07, 6.45) is -0.0292. The number of carbonyl (C=O) groups is 1. The van der Waals surface area contributed by atoms with Crippen molar-refractivity contribution in [2.24, 2.45) is 0 Å². The molecular weight excluding hydrogens is 276 g/mol. The molecule has 1 aliphatic rings. The number of urea groups is 1. The minimum Gasteiger partial charge on any atom is -0.487 e. The van der Waals surface area contributed by atoms with Crippen LogP contribution in [-0.2, 0) is 0 Å². The van der Waals surface area contributed by atoms with Gasteiger partial charge in [0.1, 0.15) is 11.9 Å². The number of aryl methyl sites for hydroxylation is 2. The van der Waals surface area contributed by atoms with Crippen LogP contribution < -0.4 is 15.0 Å². The number of benzene rings is 2. The zero-order valence-corrected chi connectivity index (χ0v) is 13.1. The number of ether oxygens (including phenoxy) is 1. The quantitative estimate of drug-likeness (QED) is 0.860. The van der Waals surface area contributed by atoms with E-state index in [1.165, 1.54) is 0 Å². The summed E-state index contributed by atoms with van der Waals surface area (Å²) in [4.78, 5) is 14.4. The molecule has 22 heavy (non-hydrogen) atoms. The molecule has 0 spiro atoms. The number of carbonyl (C=O) groups excluding carboxylic acids is 1. The zero-order valence-electron chi connectivity index (χ0n) is 13.1. The van der Waals surface area contributed by atoms with Crippen molar-refractivity contribution >= 4 is 17.4 Å². The van der Waals surface area contributed by atoms with Gasteiger partial charge in [-0.05, 0) is 56.2 Å². The Balaban J connectivity index is 1.88. The van der Waals surface area contributed by atoms with Crippen molar-refractivity contribution in [3.63, 3.8) is 0 Å². The van der Waals surface area contributed by atoms with Gasteiger partial charge in [0.2, 0.25) is 0 Å². The maximum Gasteiger partial charge on any atom is 0.326 e. The van der Waals surface area contributed by atoms with Crippen molar-refractivity contribution in [1.82, 2.24) is 0 Å². The summed E-state index contributed by atoms with van der Waals surface area (Å²) >= 11 is 0. The van der Waals surface area contributed by atoms with Crippen LogP contribution in [0.25, 0.3) is 0 Å². The predicted octanol–water partition coefficient (Wildman–Crippen LogP) is 4.12. The summed E-state index contributed by atoms with van der Waals surface area (Å²) in [6, 6.07) is 13.6. The molecule has 4 nitrogen and oxygen atoms in total. The minimum atomic E-state index is -0.132. The lowest BCUT2D eigenvalue weighted by molar-refractivity contribution is 0.208. The van der Waals surface area contributed by atoms with Gasteiger partial charge in [0, 0.05) is 5.69 Å². The molecule has 0 unspecified atom stereocenters. The van der Waals surface area contributed by atoms with E-state index >= 15 is 0 Å². The molecule has 1 atom stereocenters. The van der Waals surface area contributed by atoms with Gasteiger partial charge in [0.25, 0.3) is 0 Å². The first-order valence-corrected chi connectivity index (χ1v) is 7.45. The predicted molar refractivity (Wildman–Crippen MR) is 88.8 cm³/mol. The molecule has 3 rings (SSSR count). The first-order valence-electron chi connectivity index (χ1n) is 7.45. The van der Waals surface area contributed by atoms with E-state index < -0.39 is 0 Å². The highest BCUT2D eigenvalue weighted by Gasteiger charge is 2.27. The third kappa shape index (κ3) is 2.91. The minimum absolute atomic E-state index is 0.0292. The van der Waals surface area contributed by atoms with E-state index in [1.807, 2.05) is 63.2 Å². The molecule has 2 aromatic rings. The van der Waals surface area contributed by atoms with Crippen LogP contribution >= 0.6 is 0 Å². The van der Waals surface area contributed by atoms with Crippen molar-refractivity contribution in [3.05, 3.63) is 53.6 Å². The number of rotatable bonds is 1. The molecule has 0 bridgehead atoms. The van der Waals surface area contributed by atoms with Crippen LogP contribution in [0.4, 0.5) is 16.2 Å². The number of amides is 2. The number of hydrogen-bond acceptors (Lipinski definition) is 2. The van der Waals surface area contributed by atoms with E-state index in [0.717, 1.165) is 28.3 Å². The second-order valence-electron chi connectivity index (χ2n) is 5.81. The van der Waals surface area contributed by atoms with Gasteiger partial charge in [-0.15, -0.1) is 0 Å². The monoisotopic (exact) mass is 296 g/mol. The topological polar surface area (TPSA) is 41.6 Å². The van der Waals surface area contributed by atoms with E-state index in [1.54, 1.807) is 4.90 Å². The number of nitrogens with one attached hydrogen (secondary N) is 1. The molecule has 0 aromatic heterocycles. The lowest BCUT2D eigenvalue weighted by Gasteiger charge is -2.33. The van der Waals surface area contributed by atoms with Gasteiger partial charge in [0.15, 0.2) is 0 Å². The Labute approximate surface area is 130 Å². The molecule has 1 heterocycles. The third-order valence-electron chi connectivity index (χ3n) is 3.69. The van der Waals surface area contributed by atoms with Crippen molar-refractivity contribution in [1.29, 1.82) is 0 Å². The molecule has 2 amide bonds. The fourth-order valence-corrected chi connectivity index (χ4v) is 2.65. The molecule has 0 radical (unpaired) electrons. The Morgan fingerprint density at radius 3 is 2.73 bits per heavy atom. The smallest absolute Gasteiger partial charge is 0.326 e. The molecular formula is C18H20N2O2. The van der Waals surface area contributed by atoms with Gasteiger partial charge < -0.3 is 10.1 Å². The van der Waals surface area contributed by atoms with Crippen LogP contribution in [0, 0.1) is 13.8 Å². The standard InChI is InChI=1S/C18H20N2O2/c1-12-5-4-6-15(9-12)19-18(21)20-11-14(3)22-17-8-7-13(2)10-16(17)20/h4-10,14H,11H2,1-3H3,(H,19,21)/t14-/m1/s1. The van der Waals surface area contributed by atoms with Gasteiger partial charge >= 0.3 is 6.03 Å². The van der Waals surface area contributed by atoms with Gasteiger partial charge in [-0.2, -0.15) is 0 Å². The molecule has 4 heteroatoms. The van der Waals surface area contributed by atoms with Crippen LogP contribution in [0.1, 0.15) is 18.1 Å². The zero-order chi connectivity index (χ0) is 15.7. The molecule has 0 saturated heterocycles. The van der Waals surface area contributed by atoms with E-state index in [4.69, 9.17) is 4.74 Å². The normalized spacial score (nSPS) is 16.7. The highest BCUT2D eigenvalue weighted by Crippen LogP contribution is 2.34. The van der Waals surface area contributed by atoms with E-state index in [9.17, 15) is 4.79 Å². The maximum atomic E-state index is 12.7. The molecule has 2 aromatic carbocycles. The molecule has 0 saturated carbocycles. The molecule has 0 fully saturated rings. The first kappa shape index (κ1) is 14.4. The van der Waals surface area contributed by atoms with E-state index in [0.29, 0.717) is 6.54 Å². The Morgan fingerprint density at radius 2 is 1.95 bits per heavy atom. The van der Waals surface area contributed by atoms with Crippen LogP contribution in [0.15, 0.2) is 42.5 Å². The fourth-order valence-electron chi connectivity index (χ4n) is 2.65. The number of anilines is 2. The fraction of sp³-hybridized carbons (Fsp3) is 0.278. The average molecular weight is 296 g/mol. The lowest BCUT2D eigenvalue weighted by Crippen LogP contribution is -2.44. The molecule has 1 aliphatic heterocycles. The van der Waals surface area contributed by atoms with Gasteiger partial charge in [0.05, 0.1) is 12.2 Å². The van der Waals surface area contributed by atoms with E-state index in [-0.39, 0.29) is 12.1 Å². The number of fused-ring (bicyclic) bond motifs is 1. The molecule has 1 N–H and O–H groups in total. The van der Waals surface area contributed by atoms with Crippen molar-refractivity contribution in [2.45, 2.75) is 26.9 Å². The molecule has 0 aliphatic carbocycles. The highest BCUT2D eigenvalue weighted by molar-refractivity contribution is 6.03. The Hall–Kier alpha value is -2.49. The maximum absolute atomic E-state index is 12.7. The van der Waals surface area contributed by atoms with Gasteiger partial charge in [-0.3, -0.25) is 4.90 Å². The Morgan fingerprint density at radius 1 is 1.18 bits per heavy atom. The first-order chi connectivity index (χ1) is 10.5. The SMILES string of the molecule is Cc1cccc(NC(=O)N2C[C@@H](C)Oc3ccc(C)cc32)c1. The van der Waals surface area contributed by atoms with Crippen LogP contribution in [0.5, 0.6) is 5.75 Å². The van der Waals surface area contributed by atoms with Crippen molar-refractivity contribution in [3.8, 4) is 5.75 Å². The summed E-state index contributed by atoms with van der Waals surface area (Å²) in [5, 5.41) is 2.96. The number of nitrogens with zero attached hydrogens (tertiary/aromatic N) is 1. The second-order valence-corrected chi connectivity index (χ2v) is 5.81. The summed E-state index contributed by atoms with van der Waals surface area (Å²) < 4.78 is 5.81. The van der Waals surface area contributed by atoms with Crippen LogP contribution in [-0.4, -0.2) is 18.7 Å². The van der Waals surface area contributed by atoms with E-state index in [2.05, 4.69) is 5.32 Å². The Kier molecular flexibility index (Phi) is 3.75. The summed E-state index contributed by atoms with van der Waals surface area (Å²) in [5.74, 6) is 0.753. The summed E-state index contributed by atoms with van der Waals surface area (Å²) in [5.41, 5.74) is 3.84. The summed E-state index contributed by atoms with van der Waals surface area (Å²) in [7, 11) is 0. The third-order valence-corrected chi connectivity index (χ3v) is 3.69. The van der Waals surface area contributed by atoms with Crippen LogP contribution in [0.3, 0.4) is 0 Å². The van der Waals surface area contributed by atoms with Crippen molar-refractivity contribution < 1.29 is 9.53 Å². The summed E-state index contributed by atoms with van der Waals surface area (Å²) in [6.45, 7) is 6.52. The second kappa shape index (κ2) is 5.72. The largest absolute Gasteiger partial charge is 0.487 e. The van der Waals surface area contributed by atoms with Crippen LogP contribution in [0.2, 0.25) is 0 Å². The average Bonchev–Trinajstić information content (AvgIpc) is 2.47. The van der Waals surface area contributed by atoms with Gasteiger partial charge in [-0.25, -0.2) is 4.79 Å². The Bertz CT molecular complexity index is 712. The molecule has 114 valence electrons.